The fourth-order valence-corrected chi connectivity index (χ4v) is 2.21. The highest BCUT2D eigenvalue weighted by Gasteiger charge is 2.30. The van der Waals surface area contributed by atoms with Gasteiger partial charge in [-0.05, 0) is 24.1 Å². The fraction of sp³-hybridized carbons (Fsp3) is 0.400. The number of aromatic nitrogens is 2. The second kappa shape index (κ2) is 6.30. The van der Waals surface area contributed by atoms with Crippen molar-refractivity contribution in [1.82, 2.24) is 9.55 Å². The fourth-order valence-electron chi connectivity index (χ4n) is 2.21. The SMILES string of the molecule is CCCn1ccnc1CC(N)c1ccc(C(F)(F)F)cc1. The number of hydrogen-bond acceptors (Lipinski definition) is 2. The lowest BCUT2D eigenvalue weighted by atomic mass is 10.0. The first kappa shape index (κ1) is 15.6. The molecule has 1 unspecified atom stereocenters. The van der Waals surface area contributed by atoms with Crippen molar-refractivity contribution in [3.63, 3.8) is 0 Å². The van der Waals surface area contributed by atoms with Gasteiger partial charge >= 0.3 is 6.18 Å². The van der Waals surface area contributed by atoms with E-state index in [9.17, 15) is 13.2 Å². The van der Waals surface area contributed by atoms with E-state index in [1.54, 1.807) is 6.20 Å². The van der Waals surface area contributed by atoms with Crippen LogP contribution in [0.1, 0.15) is 36.3 Å². The third kappa shape index (κ3) is 3.85. The maximum atomic E-state index is 12.5. The molecule has 2 N–H and O–H groups in total. The summed E-state index contributed by atoms with van der Waals surface area (Å²) in [7, 11) is 0. The lowest BCUT2D eigenvalue weighted by Gasteiger charge is -2.14. The van der Waals surface area contributed by atoms with E-state index in [0.29, 0.717) is 12.0 Å². The van der Waals surface area contributed by atoms with Crippen molar-refractivity contribution < 1.29 is 13.2 Å². The number of nitrogens with two attached hydrogens (primary N) is 1. The van der Waals surface area contributed by atoms with Crippen molar-refractivity contribution >= 4 is 0 Å². The summed E-state index contributed by atoms with van der Waals surface area (Å²) in [5, 5.41) is 0. The van der Waals surface area contributed by atoms with Crippen LogP contribution < -0.4 is 5.73 Å². The third-order valence-electron chi connectivity index (χ3n) is 3.33. The van der Waals surface area contributed by atoms with Crippen molar-refractivity contribution in [2.24, 2.45) is 5.73 Å². The predicted octanol–water partition coefficient (Wildman–Crippen LogP) is 3.55. The van der Waals surface area contributed by atoms with Crippen LogP contribution in [-0.4, -0.2) is 9.55 Å². The predicted molar refractivity (Wildman–Crippen MR) is 74.6 cm³/mol. The van der Waals surface area contributed by atoms with E-state index < -0.39 is 11.7 Å². The van der Waals surface area contributed by atoms with E-state index in [0.717, 1.165) is 30.9 Å². The maximum absolute atomic E-state index is 12.5. The minimum atomic E-state index is -4.32. The van der Waals surface area contributed by atoms with Gasteiger partial charge in [0.15, 0.2) is 0 Å². The Morgan fingerprint density at radius 1 is 1.24 bits per heavy atom. The van der Waals surface area contributed by atoms with Gasteiger partial charge in [-0.3, -0.25) is 0 Å². The molecule has 2 rings (SSSR count). The molecule has 1 aromatic carbocycles. The summed E-state index contributed by atoms with van der Waals surface area (Å²) in [5.41, 5.74) is 6.09. The maximum Gasteiger partial charge on any atom is 0.416 e. The van der Waals surface area contributed by atoms with Gasteiger partial charge in [0.25, 0.3) is 0 Å². The lowest BCUT2D eigenvalue weighted by molar-refractivity contribution is -0.137. The molecule has 0 aliphatic rings. The van der Waals surface area contributed by atoms with Crippen molar-refractivity contribution in [2.75, 3.05) is 0 Å². The van der Waals surface area contributed by atoms with Gasteiger partial charge in [0, 0.05) is 31.4 Å². The van der Waals surface area contributed by atoms with Crippen molar-refractivity contribution in [3.8, 4) is 0 Å². The number of imidazole rings is 1. The summed E-state index contributed by atoms with van der Waals surface area (Å²) in [4.78, 5) is 4.26. The van der Waals surface area contributed by atoms with Gasteiger partial charge in [0.1, 0.15) is 5.82 Å². The standard InChI is InChI=1S/C15H18F3N3/c1-2-8-21-9-7-20-14(21)10-13(19)11-3-5-12(6-4-11)15(16,17)18/h3-7,9,13H,2,8,10,19H2,1H3. The number of rotatable bonds is 5. The number of alkyl halides is 3. The van der Waals surface area contributed by atoms with Gasteiger partial charge < -0.3 is 10.3 Å². The number of benzene rings is 1. The van der Waals surface area contributed by atoms with Crippen LogP contribution in [-0.2, 0) is 19.1 Å². The summed E-state index contributed by atoms with van der Waals surface area (Å²) >= 11 is 0. The third-order valence-corrected chi connectivity index (χ3v) is 3.33. The minimum absolute atomic E-state index is 0.370. The molecule has 21 heavy (non-hydrogen) atoms. The zero-order valence-corrected chi connectivity index (χ0v) is 11.8. The zero-order chi connectivity index (χ0) is 15.5. The molecule has 0 radical (unpaired) electrons. The van der Waals surface area contributed by atoms with Gasteiger partial charge in [-0.15, -0.1) is 0 Å². The molecule has 1 aromatic heterocycles. The summed E-state index contributed by atoms with van der Waals surface area (Å²) in [5.74, 6) is 0.851. The lowest BCUT2D eigenvalue weighted by Crippen LogP contribution is -2.17. The molecule has 0 bridgehead atoms. The Hall–Kier alpha value is -1.82. The molecule has 2 aromatic rings. The van der Waals surface area contributed by atoms with E-state index in [1.165, 1.54) is 12.1 Å². The molecule has 6 heteroatoms. The Kier molecular flexibility index (Phi) is 4.67. The Bertz CT molecular complexity index is 573. The van der Waals surface area contributed by atoms with Crippen molar-refractivity contribution in [2.45, 2.75) is 38.5 Å². The van der Waals surface area contributed by atoms with Gasteiger partial charge in [0.05, 0.1) is 5.56 Å². The van der Waals surface area contributed by atoms with Crippen LogP contribution in [0.5, 0.6) is 0 Å². The number of halogens is 3. The largest absolute Gasteiger partial charge is 0.416 e. The monoisotopic (exact) mass is 297 g/mol. The first-order valence-electron chi connectivity index (χ1n) is 6.84. The summed E-state index contributed by atoms with van der Waals surface area (Å²) < 4.78 is 39.6. The number of nitrogens with zero attached hydrogens (tertiary/aromatic N) is 2. The van der Waals surface area contributed by atoms with Gasteiger partial charge in [0.2, 0.25) is 0 Å². The van der Waals surface area contributed by atoms with Crippen LogP contribution in [0.25, 0.3) is 0 Å². The second-order valence-electron chi connectivity index (χ2n) is 4.97. The van der Waals surface area contributed by atoms with Crippen LogP contribution in [0.15, 0.2) is 36.7 Å². The van der Waals surface area contributed by atoms with Gasteiger partial charge in [-0.25, -0.2) is 4.98 Å². The van der Waals surface area contributed by atoms with Crippen LogP contribution >= 0.6 is 0 Å². The van der Waals surface area contributed by atoms with E-state index in [-0.39, 0.29) is 6.04 Å². The summed E-state index contributed by atoms with van der Waals surface area (Å²) in [6, 6.07) is 4.62. The topological polar surface area (TPSA) is 43.8 Å². The molecule has 0 spiro atoms. The highest BCUT2D eigenvalue weighted by atomic mass is 19.4. The molecule has 0 fully saturated rings. The van der Waals surface area contributed by atoms with E-state index >= 15 is 0 Å². The molecule has 1 atom stereocenters. The van der Waals surface area contributed by atoms with Crippen molar-refractivity contribution in [3.05, 3.63) is 53.6 Å². The highest BCUT2D eigenvalue weighted by Crippen LogP contribution is 2.30. The quantitative estimate of drug-likeness (QED) is 0.917. The molecule has 0 saturated carbocycles. The summed E-state index contributed by atoms with van der Waals surface area (Å²) in [6.07, 6.45) is 0.764. The summed E-state index contributed by atoms with van der Waals surface area (Å²) in [6.45, 7) is 2.93. The van der Waals surface area contributed by atoms with E-state index in [4.69, 9.17) is 5.73 Å². The first-order valence-corrected chi connectivity index (χ1v) is 6.84. The van der Waals surface area contributed by atoms with Crippen LogP contribution in [0.2, 0.25) is 0 Å². The van der Waals surface area contributed by atoms with E-state index in [2.05, 4.69) is 11.9 Å². The zero-order valence-electron chi connectivity index (χ0n) is 11.8. The Labute approximate surface area is 121 Å². The Morgan fingerprint density at radius 2 is 1.90 bits per heavy atom. The molecule has 1 heterocycles. The molecule has 3 nitrogen and oxygen atoms in total. The Balaban J connectivity index is 2.09. The molecule has 114 valence electrons. The van der Waals surface area contributed by atoms with Gasteiger partial charge in [-0.2, -0.15) is 13.2 Å². The minimum Gasteiger partial charge on any atom is -0.335 e. The number of aryl methyl sites for hydroxylation is 1. The van der Waals surface area contributed by atoms with Crippen molar-refractivity contribution in [1.29, 1.82) is 0 Å². The van der Waals surface area contributed by atoms with Crippen LogP contribution in [0, 0.1) is 0 Å². The average Bonchev–Trinajstić information content (AvgIpc) is 2.86. The molecular weight excluding hydrogens is 279 g/mol. The average molecular weight is 297 g/mol. The molecule has 0 saturated heterocycles. The first-order chi connectivity index (χ1) is 9.91. The van der Waals surface area contributed by atoms with Gasteiger partial charge in [-0.1, -0.05) is 19.1 Å². The van der Waals surface area contributed by atoms with Crippen LogP contribution in [0.3, 0.4) is 0 Å². The normalized spacial score (nSPS) is 13.4. The van der Waals surface area contributed by atoms with Crippen LogP contribution in [0.4, 0.5) is 13.2 Å². The Morgan fingerprint density at radius 3 is 2.48 bits per heavy atom. The smallest absolute Gasteiger partial charge is 0.335 e. The molecule has 0 aliphatic heterocycles. The van der Waals surface area contributed by atoms with E-state index in [1.807, 2.05) is 10.8 Å². The second-order valence-corrected chi connectivity index (χ2v) is 4.97. The molecule has 0 amide bonds. The highest BCUT2D eigenvalue weighted by molar-refractivity contribution is 5.27. The molecular formula is C15H18F3N3. The number of hydrogen-bond donors (Lipinski definition) is 1. The molecule has 0 aliphatic carbocycles.